The second-order valence-electron chi connectivity index (χ2n) is 5.47. The van der Waals surface area contributed by atoms with Crippen LogP contribution < -0.4 is 5.32 Å². The lowest BCUT2D eigenvalue weighted by atomic mass is 10.1. The largest absolute Gasteiger partial charge is 0.322 e. The van der Waals surface area contributed by atoms with Gasteiger partial charge in [0.05, 0.1) is 5.69 Å². The van der Waals surface area contributed by atoms with Crippen LogP contribution in [0.1, 0.15) is 10.4 Å². The van der Waals surface area contributed by atoms with Crippen LogP contribution in [-0.4, -0.2) is 46.3 Å². The Bertz CT molecular complexity index is 1060. The zero-order valence-corrected chi connectivity index (χ0v) is 13.7. The number of benzene rings is 2. The maximum atomic E-state index is 12.6. The standard InChI is InChI=1S/C16H13N9O/c1-24-15(19-21-22-24)11-4-2-6-13(8-11)18-16(26)12-5-3-7-14(9-12)25-10-17-20-23-25/h2-10H,1H3,(H,18,26). The van der Waals surface area contributed by atoms with Gasteiger partial charge in [-0.2, -0.15) is 0 Å². The van der Waals surface area contributed by atoms with Crippen molar-refractivity contribution in [2.24, 2.45) is 7.05 Å². The number of amides is 1. The Morgan fingerprint density at radius 1 is 1.04 bits per heavy atom. The van der Waals surface area contributed by atoms with Gasteiger partial charge in [0.2, 0.25) is 0 Å². The molecule has 0 aliphatic heterocycles. The fraction of sp³-hybridized carbons (Fsp3) is 0.0625. The van der Waals surface area contributed by atoms with Gasteiger partial charge in [0.15, 0.2) is 5.82 Å². The lowest BCUT2D eigenvalue weighted by molar-refractivity contribution is 0.102. The van der Waals surface area contributed by atoms with Crippen molar-refractivity contribution in [3.8, 4) is 17.1 Å². The van der Waals surface area contributed by atoms with E-state index in [4.69, 9.17) is 0 Å². The molecule has 0 aliphatic rings. The van der Waals surface area contributed by atoms with Crippen molar-refractivity contribution in [2.45, 2.75) is 0 Å². The molecular weight excluding hydrogens is 334 g/mol. The molecule has 4 aromatic rings. The van der Waals surface area contributed by atoms with Crippen LogP contribution in [0.25, 0.3) is 17.1 Å². The number of nitrogens with zero attached hydrogens (tertiary/aromatic N) is 8. The smallest absolute Gasteiger partial charge is 0.255 e. The van der Waals surface area contributed by atoms with Gasteiger partial charge in [-0.3, -0.25) is 4.79 Å². The molecule has 0 spiro atoms. The predicted molar refractivity (Wildman–Crippen MR) is 91.3 cm³/mol. The molecule has 2 heterocycles. The van der Waals surface area contributed by atoms with Gasteiger partial charge in [-0.25, -0.2) is 9.36 Å². The first-order chi connectivity index (χ1) is 12.7. The van der Waals surface area contributed by atoms with Gasteiger partial charge in [-0.1, -0.05) is 18.2 Å². The van der Waals surface area contributed by atoms with Gasteiger partial charge in [0, 0.05) is 23.9 Å². The molecule has 1 N–H and O–H groups in total. The van der Waals surface area contributed by atoms with Crippen LogP contribution in [0.15, 0.2) is 54.9 Å². The van der Waals surface area contributed by atoms with E-state index in [2.05, 4.69) is 36.4 Å². The summed E-state index contributed by atoms with van der Waals surface area (Å²) >= 11 is 0. The normalized spacial score (nSPS) is 10.7. The van der Waals surface area contributed by atoms with E-state index in [1.54, 1.807) is 36.0 Å². The Morgan fingerprint density at radius 3 is 2.69 bits per heavy atom. The van der Waals surface area contributed by atoms with Crippen LogP contribution >= 0.6 is 0 Å². The maximum absolute atomic E-state index is 12.6. The number of anilines is 1. The van der Waals surface area contributed by atoms with E-state index < -0.39 is 0 Å². The van der Waals surface area contributed by atoms with Gasteiger partial charge < -0.3 is 5.32 Å². The molecule has 1 amide bonds. The molecule has 0 fully saturated rings. The number of carbonyl (C=O) groups excluding carboxylic acids is 1. The molecule has 128 valence electrons. The number of nitrogens with one attached hydrogen (secondary N) is 1. The SMILES string of the molecule is Cn1nnnc1-c1cccc(NC(=O)c2cccc(-n3cnnn3)c2)c1. The molecular formula is C16H13N9O. The van der Waals surface area contributed by atoms with Gasteiger partial charge in [0.1, 0.15) is 6.33 Å². The molecule has 2 aromatic carbocycles. The fourth-order valence-corrected chi connectivity index (χ4v) is 2.48. The first kappa shape index (κ1) is 15.6. The van der Waals surface area contributed by atoms with Crippen LogP contribution in [0, 0.1) is 0 Å². The third-order valence-electron chi connectivity index (χ3n) is 3.72. The van der Waals surface area contributed by atoms with E-state index in [1.165, 1.54) is 11.0 Å². The number of hydrogen-bond acceptors (Lipinski definition) is 7. The van der Waals surface area contributed by atoms with E-state index in [0.717, 1.165) is 5.56 Å². The van der Waals surface area contributed by atoms with Crippen molar-refractivity contribution in [3.05, 3.63) is 60.4 Å². The monoisotopic (exact) mass is 347 g/mol. The Labute approximate surface area is 147 Å². The van der Waals surface area contributed by atoms with Crippen molar-refractivity contribution >= 4 is 11.6 Å². The van der Waals surface area contributed by atoms with E-state index in [0.29, 0.717) is 22.8 Å². The van der Waals surface area contributed by atoms with Crippen molar-refractivity contribution < 1.29 is 4.79 Å². The highest BCUT2D eigenvalue weighted by atomic mass is 16.1. The zero-order valence-electron chi connectivity index (χ0n) is 13.7. The van der Waals surface area contributed by atoms with Crippen LogP contribution in [0.2, 0.25) is 0 Å². The Kier molecular flexibility index (Phi) is 3.90. The van der Waals surface area contributed by atoms with Crippen molar-refractivity contribution in [1.82, 2.24) is 40.4 Å². The molecule has 0 radical (unpaired) electrons. The summed E-state index contributed by atoms with van der Waals surface area (Å²) in [5.41, 5.74) is 2.63. The molecule has 0 unspecified atom stereocenters. The number of aryl methyl sites for hydroxylation is 1. The molecule has 4 rings (SSSR count). The summed E-state index contributed by atoms with van der Waals surface area (Å²) in [5, 5.41) is 25.3. The van der Waals surface area contributed by atoms with E-state index in [-0.39, 0.29) is 5.91 Å². The fourth-order valence-electron chi connectivity index (χ4n) is 2.48. The summed E-state index contributed by atoms with van der Waals surface area (Å²) < 4.78 is 3.05. The quantitative estimate of drug-likeness (QED) is 0.587. The minimum atomic E-state index is -0.242. The first-order valence-corrected chi connectivity index (χ1v) is 7.68. The lowest BCUT2D eigenvalue weighted by Gasteiger charge is -2.08. The van der Waals surface area contributed by atoms with Gasteiger partial charge >= 0.3 is 0 Å². The Balaban J connectivity index is 1.57. The average molecular weight is 347 g/mol. The third kappa shape index (κ3) is 3.02. The van der Waals surface area contributed by atoms with Crippen molar-refractivity contribution in [1.29, 1.82) is 0 Å². The minimum Gasteiger partial charge on any atom is -0.322 e. The predicted octanol–water partition coefficient (Wildman–Crippen LogP) is 1.11. The number of tetrazole rings is 2. The summed E-state index contributed by atoms with van der Waals surface area (Å²) in [6.07, 6.45) is 1.47. The summed E-state index contributed by atoms with van der Waals surface area (Å²) in [4.78, 5) is 12.6. The molecule has 0 aliphatic carbocycles. The molecule has 2 aromatic heterocycles. The zero-order chi connectivity index (χ0) is 17.9. The molecule has 0 bridgehead atoms. The number of carbonyl (C=O) groups is 1. The third-order valence-corrected chi connectivity index (χ3v) is 3.72. The summed E-state index contributed by atoms with van der Waals surface area (Å²) in [6.45, 7) is 0. The maximum Gasteiger partial charge on any atom is 0.255 e. The molecule has 0 saturated carbocycles. The molecule has 0 saturated heterocycles. The van der Waals surface area contributed by atoms with Crippen LogP contribution in [-0.2, 0) is 7.05 Å². The van der Waals surface area contributed by atoms with Crippen LogP contribution in [0.4, 0.5) is 5.69 Å². The molecule has 26 heavy (non-hydrogen) atoms. The highest BCUT2D eigenvalue weighted by molar-refractivity contribution is 6.04. The van der Waals surface area contributed by atoms with Gasteiger partial charge in [0.25, 0.3) is 5.91 Å². The number of aromatic nitrogens is 8. The second kappa shape index (κ2) is 6.51. The van der Waals surface area contributed by atoms with Crippen molar-refractivity contribution in [2.75, 3.05) is 5.32 Å². The average Bonchev–Trinajstić information content (AvgIpc) is 3.34. The first-order valence-electron chi connectivity index (χ1n) is 7.68. The van der Waals surface area contributed by atoms with Gasteiger partial charge in [-0.05, 0) is 51.2 Å². The summed E-state index contributed by atoms with van der Waals surface area (Å²) in [5.74, 6) is 0.370. The topological polar surface area (TPSA) is 116 Å². The molecule has 10 nitrogen and oxygen atoms in total. The van der Waals surface area contributed by atoms with Crippen LogP contribution in [0.5, 0.6) is 0 Å². The summed E-state index contributed by atoms with van der Waals surface area (Å²) in [7, 11) is 1.76. The van der Waals surface area contributed by atoms with Crippen molar-refractivity contribution in [3.63, 3.8) is 0 Å². The molecule has 0 atom stereocenters. The Morgan fingerprint density at radius 2 is 1.92 bits per heavy atom. The number of hydrogen-bond donors (Lipinski definition) is 1. The van der Waals surface area contributed by atoms with Crippen LogP contribution in [0.3, 0.4) is 0 Å². The highest BCUT2D eigenvalue weighted by Crippen LogP contribution is 2.20. The molecule has 10 heteroatoms. The lowest BCUT2D eigenvalue weighted by Crippen LogP contribution is -2.12. The van der Waals surface area contributed by atoms with E-state index in [9.17, 15) is 4.79 Å². The second-order valence-corrected chi connectivity index (χ2v) is 5.47. The summed E-state index contributed by atoms with van der Waals surface area (Å²) in [6, 6.07) is 14.3. The van der Waals surface area contributed by atoms with E-state index >= 15 is 0 Å². The highest BCUT2D eigenvalue weighted by Gasteiger charge is 2.10. The van der Waals surface area contributed by atoms with E-state index in [1.807, 2.05) is 24.3 Å². The Hall–Kier alpha value is -3.95. The van der Waals surface area contributed by atoms with Gasteiger partial charge in [-0.15, -0.1) is 10.2 Å². The minimum absolute atomic E-state index is 0.242. The number of rotatable bonds is 4.